The summed E-state index contributed by atoms with van der Waals surface area (Å²) in [6.45, 7) is 3.50. The summed E-state index contributed by atoms with van der Waals surface area (Å²) >= 11 is 0. The van der Waals surface area contributed by atoms with E-state index in [0.717, 1.165) is 0 Å². The first kappa shape index (κ1) is 20.6. The molecular formula is C18H20N3O5P. The predicted molar refractivity (Wildman–Crippen MR) is 101 cm³/mol. The van der Waals surface area contributed by atoms with Gasteiger partial charge in [-0.15, -0.1) is 0 Å². The molecule has 0 unspecified atom stereocenters. The first-order valence-corrected chi connectivity index (χ1v) is 9.82. The van der Waals surface area contributed by atoms with Crippen LogP contribution in [0.5, 0.6) is 0 Å². The highest BCUT2D eigenvalue weighted by molar-refractivity contribution is 7.73. The molecular weight excluding hydrogens is 369 g/mol. The van der Waals surface area contributed by atoms with Crippen molar-refractivity contribution in [3.63, 3.8) is 0 Å². The fourth-order valence-electron chi connectivity index (χ4n) is 2.24. The molecule has 0 spiro atoms. The fourth-order valence-corrected chi connectivity index (χ4v) is 3.91. The largest absolute Gasteiger partial charge is 0.381 e. The lowest BCUT2D eigenvalue weighted by Crippen LogP contribution is -2.22. The predicted octanol–water partition coefficient (Wildman–Crippen LogP) is 3.25. The molecule has 1 amide bonds. The normalized spacial score (nSPS) is 11.9. The maximum absolute atomic E-state index is 13.3. The van der Waals surface area contributed by atoms with Gasteiger partial charge in [0.2, 0.25) is 0 Å². The van der Waals surface area contributed by atoms with Crippen LogP contribution < -0.4 is 5.43 Å². The Kier molecular flexibility index (Phi) is 7.55. The van der Waals surface area contributed by atoms with E-state index >= 15 is 0 Å². The summed E-state index contributed by atoms with van der Waals surface area (Å²) in [5.74, 6) is -0.552. The molecule has 2 rings (SSSR count). The highest BCUT2D eigenvalue weighted by Crippen LogP contribution is 2.52. The van der Waals surface area contributed by atoms with E-state index in [9.17, 15) is 14.2 Å². The number of carbonyl (C=O) groups is 2. The number of nitrogens with zero attached hydrogens (tertiary/aromatic N) is 2. The molecule has 0 fully saturated rings. The molecule has 0 aliphatic rings. The van der Waals surface area contributed by atoms with Gasteiger partial charge >= 0.3 is 7.60 Å². The molecule has 1 heterocycles. The Hall–Kier alpha value is -2.67. The molecule has 1 N–H and O–H groups in total. The molecule has 0 saturated heterocycles. The average Bonchev–Trinajstić information content (AvgIpc) is 2.69. The zero-order valence-electron chi connectivity index (χ0n) is 15.0. The standard InChI is InChI=1S/C18H20N3O5P/c1-3-25-27(24,26-4-2)18(16-10-6-5-8-15(16)13-22)21-20-17(23)14-9-7-11-19-12-14/h5-13H,3-4H2,1-2H3,(H,20,23). The third-order valence-electron chi connectivity index (χ3n) is 3.37. The van der Waals surface area contributed by atoms with Crippen molar-refractivity contribution in [3.05, 3.63) is 65.5 Å². The zero-order chi connectivity index (χ0) is 19.7. The molecule has 9 heteroatoms. The third-order valence-corrected chi connectivity index (χ3v) is 5.43. The van der Waals surface area contributed by atoms with Crippen molar-refractivity contribution in [2.24, 2.45) is 5.10 Å². The molecule has 0 atom stereocenters. The molecule has 2 aromatic rings. The molecule has 1 aromatic carbocycles. The quantitative estimate of drug-likeness (QED) is 0.305. The number of hydrogen-bond donors (Lipinski definition) is 1. The second-order valence-electron chi connectivity index (χ2n) is 5.16. The van der Waals surface area contributed by atoms with Gasteiger partial charge in [-0.1, -0.05) is 24.3 Å². The van der Waals surface area contributed by atoms with Crippen LogP contribution in [0, 0.1) is 0 Å². The molecule has 27 heavy (non-hydrogen) atoms. The molecule has 1 aromatic heterocycles. The minimum atomic E-state index is -3.88. The summed E-state index contributed by atoms with van der Waals surface area (Å²) < 4.78 is 24.0. The molecule has 0 aliphatic heterocycles. The van der Waals surface area contributed by atoms with Gasteiger partial charge in [-0.05, 0) is 26.0 Å². The van der Waals surface area contributed by atoms with Crippen molar-refractivity contribution in [3.8, 4) is 0 Å². The first-order chi connectivity index (χ1) is 13.1. The van der Waals surface area contributed by atoms with Crippen LogP contribution in [0.15, 0.2) is 53.9 Å². The van der Waals surface area contributed by atoms with E-state index in [4.69, 9.17) is 9.05 Å². The van der Waals surface area contributed by atoms with E-state index in [2.05, 4.69) is 15.5 Å². The minimum Gasteiger partial charge on any atom is -0.304 e. The van der Waals surface area contributed by atoms with Crippen LogP contribution in [0.2, 0.25) is 0 Å². The smallest absolute Gasteiger partial charge is 0.304 e. The van der Waals surface area contributed by atoms with Crippen LogP contribution in [0.1, 0.15) is 40.1 Å². The summed E-state index contributed by atoms with van der Waals surface area (Å²) in [6, 6.07) is 9.58. The number of aldehydes is 1. The Morgan fingerprint density at radius 3 is 2.48 bits per heavy atom. The number of hydrogen-bond acceptors (Lipinski definition) is 7. The van der Waals surface area contributed by atoms with Gasteiger partial charge in [-0.3, -0.25) is 19.1 Å². The van der Waals surface area contributed by atoms with Crippen molar-refractivity contribution in [1.82, 2.24) is 10.4 Å². The van der Waals surface area contributed by atoms with Crippen LogP contribution in [-0.4, -0.2) is 35.8 Å². The molecule has 0 bridgehead atoms. The Morgan fingerprint density at radius 1 is 1.19 bits per heavy atom. The number of benzene rings is 1. The maximum Gasteiger partial charge on any atom is 0.381 e. The van der Waals surface area contributed by atoms with E-state index in [1.165, 1.54) is 12.4 Å². The number of rotatable bonds is 9. The summed E-state index contributed by atoms with van der Waals surface area (Å²) in [6.07, 6.45) is 3.51. The maximum atomic E-state index is 13.3. The number of pyridine rings is 1. The van der Waals surface area contributed by atoms with Crippen LogP contribution in [0.3, 0.4) is 0 Å². The zero-order valence-corrected chi connectivity index (χ0v) is 15.9. The topological polar surface area (TPSA) is 107 Å². The Bertz CT molecular complexity index is 860. The van der Waals surface area contributed by atoms with Crippen LogP contribution in [-0.2, 0) is 13.6 Å². The van der Waals surface area contributed by atoms with Crippen LogP contribution >= 0.6 is 7.60 Å². The van der Waals surface area contributed by atoms with Crippen molar-refractivity contribution in [2.45, 2.75) is 13.8 Å². The lowest BCUT2D eigenvalue weighted by Gasteiger charge is -2.19. The van der Waals surface area contributed by atoms with Crippen molar-refractivity contribution in [2.75, 3.05) is 13.2 Å². The highest BCUT2D eigenvalue weighted by atomic mass is 31.2. The summed E-state index contributed by atoms with van der Waals surface area (Å²) in [5, 5.41) is 4.01. The number of amides is 1. The monoisotopic (exact) mass is 389 g/mol. The van der Waals surface area contributed by atoms with Crippen molar-refractivity contribution in [1.29, 1.82) is 0 Å². The van der Waals surface area contributed by atoms with Gasteiger partial charge in [0.1, 0.15) is 0 Å². The van der Waals surface area contributed by atoms with Gasteiger partial charge in [0.05, 0.1) is 18.8 Å². The van der Waals surface area contributed by atoms with E-state index < -0.39 is 13.5 Å². The molecule has 0 aliphatic carbocycles. The lowest BCUT2D eigenvalue weighted by atomic mass is 10.1. The van der Waals surface area contributed by atoms with Gasteiger partial charge in [0, 0.05) is 23.5 Å². The number of carbonyl (C=O) groups excluding carboxylic acids is 2. The second kappa shape index (κ2) is 9.87. The number of nitrogens with one attached hydrogen (secondary N) is 1. The summed E-state index contributed by atoms with van der Waals surface area (Å²) in [4.78, 5) is 27.6. The molecule has 0 saturated carbocycles. The average molecular weight is 389 g/mol. The fraction of sp³-hybridized carbons (Fsp3) is 0.222. The van der Waals surface area contributed by atoms with E-state index in [1.807, 2.05) is 0 Å². The number of hydrazone groups is 1. The van der Waals surface area contributed by atoms with Gasteiger partial charge < -0.3 is 9.05 Å². The molecule has 0 radical (unpaired) electrons. The lowest BCUT2D eigenvalue weighted by molar-refractivity contribution is 0.0954. The summed E-state index contributed by atoms with van der Waals surface area (Å²) in [7, 11) is -3.88. The van der Waals surface area contributed by atoms with Crippen molar-refractivity contribution >= 4 is 25.2 Å². The molecule has 8 nitrogen and oxygen atoms in total. The van der Waals surface area contributed by atoms with Crippen molar-refractivity contribution < 1.29 is 23.2 Å². The van der Waals surface area contributed by atoms with Crippen LogP contribution in [0.4, 0.5) is 0 Å². The van der Waals surface area contributed by atoms with Gasteiger partial charge in [-0.2, -0.15) is 5.10 Å². The van der Waals surface area contributed by atoms with E-state index in [0.29, 0.717) is 6.29 Å². The number of aromatic nitrogens is 1. The van der Waals surface area contributed by atoms with E-state index in [-0.39, 0.29) is 35.4 Å². The third kappa shape index (κ3) is 5.17. The van der Waals surface area contributed by atoms with Gasteiger partial charge in [0.25, 0.3) is 5.91 Å². The highest BCUT2D eigenvalue weighted by Gasteiger charge is 2.34. The van der Waals surface area contributed by atoms with Gasteiger partial charge in [-0.25, -0.2) is 5.43 Å². The Labute approximate surface area is 157 Å². The first-order valence-electron chi connectivity index (χ1n) is 8.28. The van der Waals surface area contributed by atoms with Gasteiger partial charge in [0.15, 0.2) is 11.7 Å². The Morgan fingerprint density at radius 2 is 1.89 bits per heavy atom. The van der Waals surface area contributed by atoms with Crippen LogP contribution in [0.25, 0.3) is 0 Å². The summed E-state index contributed by atoms with van der Waals surface area (Å²) in [5.41, 5.74) is 2.95. The second-order valence-corrected chi connectivity index (χ2v) is 7.09. The molecule has 142 valence electrons. The van der Waals surface area contributed by atoms with E-state index in [1.54, 1.807) is 50.2 Å². The SMILES string of the molecule is CCOP(=O)(OCC)C(=NNC(=O)c1cccnc1)c1ccccc1C=O. The minimum absolute atomic E-state index is 0.0934. The Balaban J connectivity index is 2.50.